The summed E-state index contributed by atoms with van der Waals surface area (Å²) in [6.45, 7) is 0.240. The van der Waals surface area contributed by atoms with Crippen molar-refractivity contribution in [1.29, 1.82) is 5.26 Å². The number of nitriles is 1. The van der Waals surface area contributed by atoms with Gasteiger partial charge in [0, 0.05) is 11.6 Å². The zero-order valence-corrected chi connectivity index (χ0v) is 16.2. The number of phenolic OH excluding ortho intramolecular Hbond substituents is 2. The Morgan fingerprint density at radius 3 is 2.50 bits per heavy atom. The fraction of sp³-hybridized carbons (Fsp3) is 0.0833. The minimum absolute atomic E-state index is 0.0990. The fourth-order valence-electron chi connectivity index (χ4n) is 2.79. The number of carbonyl (C=O) groups is 1. The van der Waals surface area contributed by atoms with Crippen LogP contribution in [-0.4, -0.2) is 23.1 Å². The highest BCUT2D eigenvalue weighted by Gasteiger charge is 2.09. The summed E-state index contributed by atoms with van der Waals surface area (Å²) in [7, 11) is 1.56. The second-order valence-corrected chi connectivity index (χ2v) is 6.40. The lowest BCUT2D eigenvalue weighted by Crippen LogP contribution is -1.99. The molecule has 0 saturated heterocycles. The summed E-state index contributed by atoms with van der Waals surface area (Å²) < 4.78 is 11.2. The van der Waals surface area contributed by atoms with E-state index >= 15 is 0 Å². The predicted octanol–water partition coefficient (Wildman–Crippen LogP) is 4.45. The molecule has 30 heavy (non-hydrogen) atoms. The average molecular weight is 401 g/mol. The topological polar surface area (TPSA) is 99.8 Å². The summed E-state index contributed by atoms with van der Waals surface area (Å²) in [6.07, 6.45) is 2.97. The highest BCUT2D eigenvalue weighted by Crippen LogP contribution is 2.25. The first kappa shape index (κ1) is 20.5. The van der Waals surface area contributed by atoms with Gasteiger partial charge in [0.1, 0.15) is 29.6 Å². The highest BCUT2D eigenvalue weighted by atomic mass is 16.5. The van der Waals surface area contributed by atoms with Gasteiger partial charge in [-0.25, -0.2) is 0 Å². The van der Waals surface area contributed by atoms with Crippen LogP contribution in [0.1, 0.15) is 27.0 Å². The first-order valence-corrected chi connectivity index (χ1v) is 9.04. The minimum Gasteiger partial charge on any atom is -0.508 e. The van der Waals surface area contributed by atoms with Crippen LogP contribution in [0, 0.1) is 11.3 Å². The van der Waals surface area contributed by atoms with Crippen LogP contribution in [-0.2, 0) is 6.61 Å². The number of methoxy groups -OCH3 is 1. The lowest BCUT2D eigenvalue weighted by atomic mass is 10.1. The van der Waals surface area contributed by atoms with E-state index in [1.807, 2.05) is 6.07 Å². The zero-order valence-electron chi connectivity index (χ0n) is 16.2. The Bertz CT molecular complexity index is 1130. The Morgan fingerprint density at radius 2 is 1.83 bits per heavy atom. The van der Waals surface area contributed by atoms with Crippen LogP contribution in [0.2, 0.25) is 0 Å². The number of phenols is 2. The Hall–Kier alpha value is -4.24. The van der Waals surface area contributed by atoms with E-state index in [0.717, 1.165) is 17.2 Å². The molecule has 0 aliphatic rings. The number of hydrogen-bond acceptors (Lipinski definition) is 6. The van der Waals surface area contributed by atoms with Crippen LogP contribution in [0.25, 0.3) is 6.08 Å². The second kappa shape index (κ2) is 9.30. The minimum atomic E-state index is -0.390. The van der Waals surface area contributed by atoms with Crippen LogP contribution in [0.4, 0.5) is 0 Å². The van der Waals surface area contributed by atoms with E-state index in [1.54, 1.807) is 49.6 Å². The number of ether oxygens (including phenoxy) is 2. The standard InChI is InChI=1S/C24H19NO5/c1-29-24-11-5-16(4-10-22(27)21-9-6-19(26)13-23(21)28)12-18(24)15-30-20-7-2-17(14-25)3-8-20/h2-13,26,28H,15H2,1H3/b10-4+. The second-order valence-electron chi connectivity index (χ2n) is 6.40. The van der Waals surface area contributed by atoms with Gasteiger partial charge >= 0.3 is 0 Å². The van der Waals surface area contributed by atoms with E-state index in [4.69, 9.17) is 14.7 Å². The van der Waals surface area contributed by atoms with E-state index in [9.17, 15) is 15.0 Å². The molecule has 6 heteroatoms. The molecule has 0 unspecified atom stereocenters. The molecule has 0 fully saturated rings. The van der Waals surface area contributed by atoms with E-state index < -0.39 is 5.78 Å². The molecular formula is C24H19NO5. The van der Waals surface area contributed by atoms with Crippen LogP contribution < -0.4 is 9.47 Å². The van der Waals surface area contributed by atoms with Gasteiger partial charge < -0.3 is 19.7 Å². The third-order valence-corrected chi connectivity index (χ3v) is 4.36. The third kappa shape index (κ3) is 4.97. The van der Waals surface area contributed by atoms with Gasteiger partial charge in [-0.05, 0) is 60.2 Å². The number of aromatic hydroxyl groups is 2. The van der Waals surface area contributed by atoms with E-state index in [1.165, 1.54) is 18.2 Å². The van der Waals surface area contributed by atoms with Crippen molar-refractivity contribution in [3.8, 4) is 29.1 Å². The van der Waals surface area contributed by atoms with Gasteiger partial charge in [0.15, 0.2) is 5.78 Å². The van der Waals surface area contributed by atoms with Gasteiger partial charge in [-0.2, -0.15) is 5.26 Å². The molecule has 3 aromatic rings. The largest absolute Gasteiger partial charge is 0.508 e. The first-order valence-electron chi connectivity index (χ1n) is 9.04. The highest BCUT2D eigenvalue weighted by molar-refractivity contribution is 6.08. The van der Waals surface area contributed by atoms with Crippen molar-refractivity contribution in [2.75, 3.05) is 7.11 Å². The molecule has 0 radical (unpaired) electrons. The van der Waals surface area contributed by atoms with Crippen molar-refractivity contribution in [3.05, 3.63) is 89.0 Å². The number of carbonyl (C=O) groups excluding carboxylic acids is 1. The Labute approximate surface area is 173 Å². The SMILES string of the molecule is COc1ccc(/C=C/C(=O)c2ccc(O)cc2O)cc1COc1ccc(C#N)cc1. The molecule has 6 nitrogen and oxygen atoms in total. The molecule has 0 heterocycles. The first-order chi connectivity index (χ1) is 14.5. The van der Waals surface area contributed by atoms with Crippen molar-refractivity contribution in [2.24, 2.45) is 0 Å². The maximum Gasteiger partial charge on any atom is 0.189 e. The molecule has 150 valence electrons. The number of hydrogen-bond donors (Lipinski definition) is 2. The van der Waals surface area contributed by atoms with Crippen molar-refractivity contribution in [2.45, 2.75) is 6.61 Å². The molecule has 0 saturated carbocycles. The molecule has 2 N–H and O–H groups in total. The lowest BCUT2D eigenvalue weighted by molar-refractivity contribution is 0.104. The van der Waals surface area contributed by atoms with Crippen molar-refractivity contribution < 1.29 is 24.5 Å². The van der Waals surface area contributed by atoms with Crippen LogP contribution in [0.5, 0.6) is 23.0 Å². The molecule has 3 aromatic carbocycles. The third-order valence-electron chi connectivity index (χ3n) is 4.36. The van der Waals surface area contributed by atoms with Crippen LogP contribution in [0.3, 0.4) is 0 Å². The molecule has 0 aromatic heterocycles. The lowest BCUT2D eigenvalue weighted by Gasteiger charge is -2.11. The number of nitrogens with zero attached hydrogens (tertiary/aromatic N) is 1. The molecule has 3 rings (SSSR count). The van der Waals surface area contributed by atoms with Crippen LogP contribution in [0.15, 0.2) is 66.7 Å². The van der Waals surface area contributed by atoms with Gasteiger partial charge in [0.25, 0.3) is 0 Å². The monoisotopic (exact) mass is 401 g/mol. The van der Waals surface area contributed by atoms with Gasteiger partial charge in [0.2, 0.25) is 0 Å². The predicted molar refractivity (Wildman–Crippen MR) is 112 cm³/mol. The van der Waals surface area contributed by atoms with Gasteiger partial charge in [0.05, 0.1) is 24.3 Å². The van der Waals surface area contributed by atoms with E-state index in [0.29, 0.717) is 17.1 Å². The van der Waals surface area contributed by atoms with E-state index in [2.05, 4.69) is 6.07 Å². The van der Waals surface area contributed by atoms with Crippen LogP contribution >= 0.6 is 0 Å². The normalized spacial score (nSPS) is 10.5. The molecule has 0 bridgehead atoms. The average Bonchev–Trinajstić information content (AvgIpc) is 2.76. The molecule has 0 aliphatic carbocycles. The molecule has 0 amide bonds. The van der Waals surface area contributed by atoms with Gasteiger partial charge in [-0.3, -0.25) is 4.79 Å². The number of benzene rings is 3. The quantitative estimate of drug-likeness (QED) is 0.448. The summed E-state index contributed by atoms with van der Waals surface area (Å²) in [5.41, 5.74) is 2.18. The van der Waals surface area contributed by atoms with Crippen molar-refractivity contribution in [3.63, 3.8) is 0 Å². The fourth-order valence-corrected chi connectivity index (χ4v) is 2.79. The van der Waals surface area contributed by atoms with Gasteiger partial charge in [-0.1, -0.05) is 12.1 Å². The van der Waals surface area contributed by atoms with Crippen molar-refractivity contribution >= 4 is 11.9 Å². The van der Waals surface area contributed by atoms with Gasteiger partial charge in [-0.15, -0.1) is 0 Å². The van der Waals surface area contributed by atoms with E-state index in [-0.39, 0.29) is 23.7 Å². The number of rotatable bonds is 7. The Balaban J connectivity index is 1.75. The molecule has 0 atom stereocenters. The maximum atomic E-state index is 12.3. The molecular weight excluding hydrogens is 382 g/mol. The summed E-state index contributed by atoms with van der Waals surface area (Å²) in [5, 5.41) is 28.0. The Kier molecular flexibility index (Phi) is 6.36. The molecule has 0 aliphatic heterocycles. The maximum absolute atomic E-state index is 12.3. The van der Waals surface area contributed by atoms with Crippen molar-refractivity contribution in [1.82, 2.24) is 0 Å². The smallest absolute Gasteiger partial charge is 0.189 e. The zero-order chi connectivity index (χ0) is 21.5. The summed E-state index contributed by atoms with van der Waals surface area (Å²) in [4.78, 5) is 12.3. The number of allylic oxidation sites excluding steroid dienone is 1. The number of ketones is 1. The summed E-state index contributed by atoms with van der Waals surface area (Å²) >= 11 is 0. The molecule has 0 spiro atoms. The Morgan fingerprint density at radius 1 is 1.07 bits per heavy atom. The summed E-state index contributed by atoms with van der Waals surface area (Å²) in [5.74, 6) is 0.475. The summed E-state index contributed by atoms with van der Waals surface area (Å²) in [6, 6.07) is 18.1.